The Labute approximate surface area is 410 Å². The number of likely N-dealkylation sites (tertiary alicyclic amines) is 2. The molecule has 10 rings (SSSR count). The maximum atomic E-state index is 12.9. The Morgan fingerprint density at radius 2 is 1.03 bits per heavy atom. The molecule has 2 amide bonds. The first-order valence-electron chi connectivity index (χ1n) is 23.0. The molecular weight excluding hydrogens is 937 g/mol. The van der Waals surface area contributed by atoms with Crippen LogP contribution >= 0.6 is 15.9 Å². The lowest BCUT2D eigenvalue weighted by Crippen LogP contribution is -2.44. The van der Waals surface area contributed by atoms with E-state index in [1.165, 1.54) is 0 Å². The number of halogens is 1. The van der Waals surface area contributed by atoms with E-state index >= 15 is 0 Å². The van der Waals surface area contributed by atoms with Gasteiger partial charge in [0.15, 0.2) is 17.0 Å². The van der Waals surface area contributed by atoms with E-state index in [2.05, 4.69) is 70.6 Å². The van der Waals surface area contributed by atoms with Crippen LogP contribution in [-0.2, 0) is 0 Å². The van der Waals surface area contributed by atoms with Crippen LogP contribution in [0.1, 0.15) is 46.4 Å². The van der Waals surface area contributed by atoms with Gasteiger partial charge in [0, 0.05) is 61.1 Å². The number of carbonyl (C=O) groups is 2. The predicted molar refractivity (Wildman–Crippen MR) is 273 cm³/mol. The number of para-hydroxylation sites is 2. The van der Waals surface area contributed by atoms with Gasteiger partial charge in [-0.1, -0.05) is 36.4 Å². The molecule has 0 radical (unpaired) electrons. The molecule has 2 fully saturated rings. The molecule has 0 unspecified atom stereocenters. The van der Waals surface area contributed by atoms with E-state index in [1.807, 2.05) is 145 Å². The van der Waals surface area contributed by atoms with Gasteiger partial charge in [-0.2, -0.15) is 9.97 Å². The summed E-state index contributed by atoms with van der Waals surface area (Å²) in [5.41, 5.74) is 4.37. The number of hydrogen-bond donors (Lipinski definition) is 3. The number of phenols is 1. The fourth-order valence-corrected chi connectivity index (χ4v) is 8.56. The molecule has 0 spiro atoms. The SMILES string of the molecule is CN1CCC(N(C)C(=O)c2ccc(Nc3nc4c(Br)cccn4n3)cc2)CC1.CN1CCC(N(C)C(=O)c2ccc(Nc3nc4c(Oc5ccccc5)cccn4n3)cc2)CC1.Oc1ccccc1. The van der Waals surface area contributed by atoms with E-state index in [0.29, 0.717) is 46.2 Å². The monoisotopic (exact) mass is 992 g/mol. The zero-order chi connectivity index (χ0) is 48.3. The summed E-state index contributed by atoms with van der Waals surface area (Å²) in [5, 5.41) is 23.9. The summed E-state index contributed by atoms with van der Waals surface area (Å²) in [6.07, 6.45) is 7.73. The topological polar surface area (TPSA) is 161 Å². The van der Waals surface area contributed by atoms with Gasteiger partial charge < -0.3 is 40.1 Å². The van der Waals surface area contributed by atoms with E-state index in [0.717, 1.165) is 79.1 Å². The summed E-state index contributed by atoms with van der Waals surface area (Å²) < 4.78 is 10.2. The number of aromatic hydroxyl groups is 1. The minimum absolute atomic E-state index is 0.0506. The van der Waals surface area contributed by atoms with Crippen LogP contribution in [0.5, 0.6) is 17.2 Å². The fraction of sp³-hybridized carbons (Fsp3) is 0.269. The summed E-state index contributed by atoms with van der Waals surface area (Å²) in [5.74, 6) is 2.75. The zero-order valence-corrected chi connectivity index (χ0v) is 40.8. The molecule has 4 aromatic carbocycles. The van der Waals surface area contributed by atoms with E-state index in [9.17, 15) is 9.59 Å². The molecule has 0 aliphatic carbocycles. The number of piperidine rings is 2. The Bertz CT molecular complexity index is 2920. The zero-order valence-electron chi connectivity index (χ0n) is 39.2. The van der Waals surface area contributed by atoms with Gasteiger partial charge >= 0.3 is 0 Å². The number of nitrogens with zero attached hydrogens (tertiary/aromatic N) is 10. The number of ether oxygens (including phenoxy) is 1. The van der Waals surface area contributed by atoms with Crippen molar-refractivity contribution in [3.63, 3.8) is 0 Å². The van der Waals surface area contributed by atoms with Crippen LogP contribution in [0.25, 0.3) is 11.3 Å². The van der Waals surface area contributed by atoms with Crippen molar-refractivity contribution in [1.29, 1.82) is 0 Å². The Morgan fingerprint density at radius 3 is 1.48 bits per heavy atom. The summed E-state index contributed by atoms with van der Waals surface area (Å²) in [7, 11) is 8.06. The number of pyridine rings is 2. The minimum Gasteiger partial charge on any atom is -0.508 e. The van der Waals surface area contributed by atoms with Crippen molar-refractivity contribution in [3.8, 4) is 17.2 Å². The van der Waals surface area contributed by atoms with Crippen molar-refractivity contribution in [2.45, 2.75) is 37.8 Å². The van der Waals surface area contributed by atoms with E-state index in [-0.39, 0.29) is 17.9 Å². The maximum Gasteiger partial charge on any atom is 0.253 e. The van der Waals surface area contributed by atoms with Gasteiger partial charge in [0.05, 0.1) is 4.47 Å². The van der Waals surface area contributed by atoms with Gasteiger partial charge in [-0.15, -0.1) is 10.2 Å². The second kappa shape index (κ2) is 22.6. The van der Waals surface area contributed by atoms with Crippen LogP contribution in [0.4, 0.5) is 23.3 Å². The molecule has 3 N–H and O–H groups in total. The summed E-state index contributed by atoms with van der Waals surface area (Å²) in [6, 6.07) is 41.4. The molecule has 4 aromatic heterocycles. The number of rotatable bonds is 10. The molecule has 8 aromatic rings. The first-order chi connectivity index (χ1) is 33.5. The summed E-state index contributed by atoms with van der Waals surface area (Å²) >= 11 is 3.47. The van der Waals surface area contributed by atoms with Crippen LogP contribution in [0.15, 0.2) is 150 Å². The maximum absolute atomic E-state index is 12.9. The minimum atomic E-state index is 0.0506. The second-order valence-electron chi connectivity index (χ2n) is 17.2. The van der Waals surface area contributed by atoms with Gasteiger partial charge in [0.25, 0.3) is 11.8 Å². The Kier molecular flexibility index (Phi) is 15.8. The Hall–Kier alpha value is -7.34. The lowest BCUT2D eigenvalue weighted by molar-refractivity contribution is 0.0652. The number of fused-ring (bicyclic) bond motifs is 2. The molecule has 0 atom stereocenters. The van der Waals surface area contributed by atoms with Gasteiger partial charge in [0.2, 0.25) is 11.9 Å². The third-order valence-corrected chi connectivity index (χ3v) is 12.9. The predicted octanol–water partition coefficient (Wildman–Crippen LogP) is 9.23. The first-order valence-corrected chi connectivity index (χ1v) is 23.8. The Morgan fingerprint density at radius 1 is 0.594 bits per heavy atom. The molecule has 2 aliphatic rings. The molecule has 16 nitrogen and oxygen atoms in total. The fourth-order valence-electron chi connectivity index (χ4n) is 8.14. The quantitative estimate of drug-likeness (QED) is 0.119. The molecule has 2 saturated heterocycles. The molecular formula is C52H57BrN12O4. The summed E-state index contributed by atoms with van der Waals surface area (Å²) in [4.78, 5) is 43.2. The van der Waals surface area contributed by atoms with Crippen molar-refractivity contribution >= 4 is 62.3 Å². The van der Waals surface area contributed by atoms with E-state index in [1.54, 1.807) is 33.3 Å². The standard InChI is InChI=1S/C26H28N6O2.C20H23BrN6O.C6H6O/c1-30-17-14-21(15-18-30)31(2)25(33)19-10-12-20(13-11-19)27-26-28-24-23(9-6-16-32(24)29-26)34-22-7-4-3-5-8-22;1-25-12-9-16(10-13-25)26(2)19(28)14-5-7-15(8-6-14)22-20-23-18-17(21)4-3-11-27(18)24-20;7-6-4-2-1-3-5-6/h3-13,16,21H,14-15,17-18H2,1-2H3,(H,27,29);3-8,11,16H,9-10,12-13H2,1-2H3,(H,22,24);1-5,7H. The summed E-state index contributed by atoms with van der Waals surface area (Å²) in [6.45, 7) is 4.12. The number of hydrogen-bond acceptors (Lipinski definition) is 12. The normalized spacial score (nSPS) is 14.5. The molecule has 2 aliphatic heterocycles. The lowest BCUT2D eigenvalue weighted by Gasteiger charge is -2.35. The van der Waals surface area contributed by atoms with Gasteiger partial charge in [-0.25, -0.2) is 9.03 Å². The van der Waals surface area contributed by atoms with Crippen LogP contribution in [0, 0.1) is 0 Å². The van der Waals surface area contributed by atoms with E-state index < -0.39 is 0 Å². The highest BCUT2D eigenvalue weighted by Gasteiger charge is 2.26. The molecule has 356 valence electrons. The second-order valence-corrected chi connectivity index (χ2v) is 18.0. The third-order valence-electron chi connectivity index (χ3n) is 12.3. The molecule has 69 heavy (non-hydrogen) atoms. The van der Waals surface area contributed by atoms with Gasteiger partial charge in [-0.05, 0) is 179 Å². The number of nitrogens with one attached hydrogen (secondary N) is 2. The highest BCUT2D eigenvalue weighted by molar-refractivity contribution is 9.10. The van der Waals surface area contributed by atoms with Crippen molar-refractivity contribution in [1.82, 2.24) is 48.8 Å². The molecule has 0 saturated carbocycles. The number of anilines is 4. The third kappa shape index (κ3) is 12.6. The average Bonchev–Trinajstić information content (AvgIpc) is 4.00. The van der Waals surface area contributed by atoms with Gasteiger partial charge in [0.1, 0.15) is 11.5 Å². The van der Waals surface area contributed by atoms with Crippen LogP contribution in [0.2, 0.25) is 0 Å². The largest absolute Gasteiger partial charge is 0.508 e. The smallest absolute Gasteiger partial charge is 0.253 e. The average molecular weight is 994 g/mol. The highest BCUT2D eigenvalue weighted by Crippen LogP contribution is 2.27. The number of carbonyl (C=O) groups excluding carboxylic acids is 2. The van der Waals surface area contributed by atoms with E-state index in [4.69, 9.17) is 9.84 Å². The number of phenolic OH excluding ortho intramolecular Hbond substituents is 1. The first kappa shape index (κ1) is 48.1. The van der Waals surface area contributed by atoms with Gasteiger partial charge in [-0.3, -0.25) is 9.59 Å². The van der Waals surface area contributed by atoms with Crippen molar-refractivity contribution in [2.75, 3.05) is 65.0 Å². The Balaban J connectivity index is 0.000000165. The van der Waals surface area contributed by atoms with Crippen LogP contribution in [0.3, 0.4) is 0 Å². The molecule has 6 heterocycles. The molecule has 17 heteroatoms. The number of benzene rings is 4. The van der Waals surface area contributed by atoms with Crippen molar-refractivity contribution in [2.24, 2.45) is 0 Å². The van der Waals surface area contributed by atoms with Crippen molar-refractivity contribution in [3.05, 3.63) is 161 Å². The highest BCUT2D eigenvalue weighted by atomic mass is 79.9. The number of amides is 2. The van der Waals surface area contributed by atoms with Crippen LogP contribution < -0.4 is 15.4 Å². The van der Waals surface area contributed by atoms with Crippen molar-refractivity contribution < 1.29 is 19.4 Å². The molecule has 0 bridgehead atoms. The number of aromatic nitrogens is 6. The lowest BCUT2D eigenvalue weighted by atomic mass is 10.0. The van der Waals surface area contributed by atoms with Crippen LogP contribution in [-0.4, -0.2) is 132 Å².